The molecule has 1 aromatic carbocycles. The molecule has 4 heteroatoms. The number of likely N-dealkylation sites (tertiary alicyclic amines) is 1. The summed E-state index contributed by atoms with van der Waals surface area (Å²) in [4.78, 5) is 14.2. The van der Waals surface area contributed by atoms with Crippen molar-refractivity contribution in [3.8, 4) is 5.75 Å². The smallest absolute Gasteiger partial charge is 0.227 e. The molecule has 2 aromatic rings. The summed E-state index contributed by atoms with van der Waals surface area (Å²) >= 11 is 0. The van der Waals surface area contributed by atoms with E-state index in [1.807, 2.05) is 0 Å². The van der Waals surface area contributed by atoms with Crippen molar-refractivity contribution < 1.29 is 9.15 Å². The zero-order valence-corrected chi connectivity index (χ0v) is 13.9. The third kappa shape index (κ3) is 3.32. The van der Waals surface area contributed by atoms with Crippen LogP contribution in [0.2, 0.25) is 0 Å². The summed E-state index contributed by atoms with van der Waals surface area (Å²) < 4.78 is 10.5. The highest BCUT2D eigenvalue weighted by molar-refractivity contribution is 5.24. The molecular weight excluding hydrogens is 290 g/mol. The van der Waals surface area contributed by atoms with Crippen molar-refractivity contribution in [1.82, 2.24) is 4.90 Å². The van der Waals surface area contributed by atoms with Gasteiger partial charge in [0, 0.05) is 25.1 Å². The standard InChI is InChI=1S/C19H23NO3/c1-19(2)13-20(11-16(19)14-7-5-4-6-8-14)10-15-9-17(21)18(22-3)12-23-15/h4-9,12,16H,10-11,13H2,1-3H3. The van der Waals surface area contributed by atoms with Crippen LogP contribution >= 0.6 is 0 Å². The van der Waals surface area contributed by atoms with Gasteiger partial charge in [0.1, 0.15) is 12.0 Å². The predicted molar refractivity (Wildman–Crippen MR) is 89.8 cm³/mol. The Hall–Kier alpha value is -2.07. The topological polar surface area (TPSA) is 42.7 Å². The van der Waals surface area contributed by atoms with Crippen molar-refractivity contribution >= 4 is 0 Å². The van der Waals surface area contributed by atoms with Crippen molar-refractivity contribution in [3.63, 3.8) is 0 Å². The van der Waals surface area contributed by atoms with E-state index < -0.39 is 0 Å². The van der Waals surface area contributed by atoms with E-state index in [1.165, 1.54) is 25.0 Å². The zero-order chi connectivity index (χ0) is 16.4. The average Bonchev–Trinajstić information content (AvgIpc) is 2.82. The SMILES string of the molecule is COc1coc(CN2CC(c3ccccc3)C(C)(C)C2)cc1=O. The fourth-order valence-corrected chi connectivity index (χ4v) is 3.51. The molecule has 0 radical (unpaired) electrons. The van der Waals surface area contributed by atoms with Crippen LogP contribution in [0.5, 0.6) is 5.75 Å². The van der Waals surface area contributed by atoms with Crippen LogP contribution in [0.3, 0.4) is 0 Å². The monoisotopic (exact) mass is 313 g/mol. The van der Waals surface area contributed by atoms with Gasteiger partial charge in [-0.25, -0.2) is 0 Å². The summed E-state index contributed by atoms with van der Waals surface area (Å²) in [6.45, 7) is 7.19. The molecule has 1 aliphatic rings. The molecule has 1 saturated heterocycles. The Bertz CT molecular complexity index is 721. The highest BCUT2D eigenvalue weighted by atomic mass is 16.5. The predicted octanol–water partition coefficient (Wildman–Crippen LogP) is 3.27. The first kappa shape index (κ1) is 15.8. The molecule has 0 bridgehead atoms. The minimum atomic E-state index is -0.133. The molecular formula is C19H23NO3. The molecule has 0 spiro atoms. The minimum absolute atomic E-state index is 0.133. The van der Waals surface area contributed by atoms with Gasteiger partial charge in [-0.1, -0.05) is 44.2 Å². The Morgan fingerprint density at radius 3 is 2.70 bits per heavy atom. The van der Waals surface area contributed by atoms with Crippen LogP contribution in [-0.4, -0.2) is 25.1 Å². The summed E-state index contributed by atoms with van der Waals surface area (Å²) in [5, 5.41) is 0. The van der Waals surface area contributed by atoms with E-state index in [2.05, 4.69) is 49.1 Å². The van der Waals surface area contributed by atoms with Gasteiger partial charge in [0.15, 0.2) is 0 Å². The Morgan fingerprint density at radius 2 is 2.04 bits per heavy atom. The van der Waals surface area contributed by atoms with Gasteiger partial charge >= 0.3 is 0 Å². The molecule has 122 valence electrons. The first-order valence-corrected chi connectivity index (χ1v) is 7.92. The van der Waals surface area contributed by atoms with E-state index >= 15 is 0 Å². The van der Waals surface area contributed by atoms with E-state index in [9.17, 15) is 4.79 Å². The quantitative estimate of drug-likeness (QED) is 0.869. The van der Waals surface area contributed by atoms with Gasteiger partial charge in [-0.2, -0.15) is 0 Å². The van der Waals surface area contributed by atoms with E-state index in [1.54, 1.807) is 0 Å². The maximum absolute atomic E-state index is 11.9. The normalized spacial score (nSPS) is 20.6. The first-order chi connectivity index (χ1) is 11.0. The molecule has 4 nitrogen and oxygen atoms in total. The number of nitrogens with zero attached hydrogens (tertiary/aromatic N) is 1. The van der Waals surface area contributed by atoms with Gasteiger partial charge in [0.05, 0.1) is 13.7 Å². The number of hydrogen-bond donors (Lipinski definition) is 0. The lowest BCUT2D eigenvalue weighted by Gasteiger charge is -2.26. The van der Waals surface area contributed by atoms with Crippen LogP contribution in [0, 0.1) is 5.41 Å². The number of benzene rings is 1. The van der Waals surface area contributed by atoms with Crippen LogP contribution in [0.25, 0.3) is 0 Å². The molecule has 1 fully saturated rings. The van der Waals surface area contributed by atoms with Gasteiger partial charge in [-0.3, -0.25) is 9.69 Å². The number of rotatable bonds is 4. The van der Waals surface area contributed by atoms with E-state index in [-0.39, 0.29) is 16.6 Å². The van der Waals surface area contributed by atoms with Crippen LogP contribution in [0.15, 0.2) is 51.9 Å². The third-order valence-corrected chi connectivity index (χ3v) is 4.67. The molecule has 1 atom stereocenters. The minimum Gasteiger partial charge on any atom is -0.490 e. The summed E-state index contributed by atoms with van der Waals surface area (Å²) in [6, 6.07) is 12.2. The average molecular weight is 313 g/mol. The first-order valence-electron chi connectivity index (χ1n) is 7.92. The van der Waals surface area contributed by atoms with Gasteiger partial charge in [0.25, 0.3) is 0 Å². The van der Waals surface area contributed by atoms with E-state index in [4.69, 9.17) is 9.15 Å². The summed E-state index contributed by atoms with van der Waals surface area (Å²) in [5.41, 5.74) is 1.43. The molecule has 23 heavy (non-hydrogen) atoms. The van der Waals surface area contributed by atoms with Crippen molar-refractivity contribution in [2.75, 3.05) is 20.2 Å². The molecule has 3 rings (SSSR count). The Morgan fingerprint density at radius 1 is 1.30 bits per heavy atom. The van der Waals surface area contributed by atoms with Crippen LogP contribution < -0.4 is 10.2 Å². The van der Waals surface area contributed by atoms with Gasteiger partial charge in [0.2, 0.25) is 11.2 Å². The van der Waals surface area contributed by atoms with Crippen LogP contribution in [-0.2, 0) is 6.54 Å². The van der Waals surface area contributed by atoms with E-state index in [0.29, 0.717) is 18.2 Å². The lowest BCUT2D eigenvalue weighted by molar-refractivity contribution is 0.257. The van der Waals surface area contributed by atoms with Gasteiger partial charge < -0.3 is 9.15 Å². The van der Waals surface area contributed by atoms with E-state index in [0.717, 1.165) is 13.1 Å². The number of methoxy groups -OCH3 is 1. The fraction of sp³-hybridized carbons (Fsp3) is 0.421. The molecule has 0 aliphatic carbocycles. The highest BCUT2D eigenvalue weighted by Gasteiger charge is 2.40. The third-order valence-electron chi connectivity index (χ3n) is 4.67. The zero-order valence-electron chi connectivity index (χ0n) is 13.9. The Kier molecular flexibility index (Phi) is 4.26. The molecule has 0 N–H and O–H groups in total. The molecule has 0 amide bonds. The summed E-state index contributed by atoms with van der Waals surface area (Å²) in [5.74, 6) is 1.41. The Labute approximate surface area is 136 Å². The Balaban J connectivity index is 1.76. The molecule has 1 aliphatic heterocycles. The van der Waals surface area contributed by atoms with Crippen LogP contribution in [0.1, 0.15) is 31.1 Å². The van der Waals surface area contributed by atoms with Crippen molar-refractivity contribution in [1.29, 1.82) is 0 Å². The molecule has 1 unspecified atom stereocenters. The molecule has 0 saturated carbocycles. The second-order valence-corrected chi connectivity index (χ2v) is 6.90. The molecule has 1 aromatic heterocycles. The number of hydrogen-bond acceptors (Lipinski definition) is 4. The van der Waals surface area contributed by atoms with Crippen molar-refractivity contribution in [2.24, 2.45) is 5.41 Å². The van der Waals surface area contributed by atoms with Crippen molar-refractivity contribution in [3.05, 3.63) is 64.2 Å². The highest BCUT2D eigenvalue weighted by Crippen LogP contribution is 2.42. The maximum atomic E-state index is 11.9. The summed E-state index contributed by atoms with van der Waals surface area (Å²) in [6.07, 6.45) is 1.40. The summed E-state index contributed by atoms with van der Waals surface area (Å²) in [7, 11) is 1.47. The van der Waals surface area contributed by atoms with Crippen LogP contribution in [0.4, 0.5) is 0 Å². The van der Waals surface area contributed by atoms with Crippen molar-refractivity contribution in [2.45, 2.75) is 26.3 Å². The largest absolute Gasteiger partial charge is 0.490 e. The fourth-order valence-electron chi connectivity index (χ4n) is 3.51. The molecule has 2 heterocycles. The lowest BCUT2D eigenvalue weighted by atomic mass is 9.78. The second-order valence-electron chi connectivity index (χ2n) is 6.90. The number of ether oxygens (including phenoxy) is 1. The van der Waals surface area contributed by atoms with Gasteiger partial charge in [-0.05, 0) is 11.0 Å². The maximum Gasteiger partial charge on any atom is 0.227 e. The van der Waals surface area contributed by atoms with Gasteiger partial charge in [-0.15, -0.1) is 0 Å². The second kappa shape index (κ2) is 6.20. The lowest BCUT2D eigenvalue weighted by Crippen LogP contribution is -2.23.